The van der Waals surface area contributed by atoms with Crippen LogP contribution in [0.3, 0.4) is 0 Å². The lowest BCUT2D eigenvalue weighted by Gasteiger charge is -2.19. The van der Waals surface area contributed by atoms with E-state index >= 15 is 0 Å². The summed E-state index contributed by atoms with van der Waals surface area (Å²) in [6.45, 7) is 1.64. The second-order valence-corrected chi connectivity index (χ2v) is 4.83. The molecule has 7 N–H and O–H groups in total. The SMILES string of the molecule is CC(Oc1cc(N)nc(NN)c1N)c1cccc(OC(F)(F)F)c1. The molecule has 0 spiro atoms. The van der Waals surface area contributed by atoms with Crippen molar-refractivity contribution in [2.75, 3.05) is 16.9 Å². The number of benzene rings is 1. The molecule has 2 rings (SSSR count). The van der Waals surface area contributed by atoms with Crippen molar-refractivity contribution in [1.82, 2.24) is 4.98 Å². The first-order valence-corrected chi connectivity index (χ1v) is 6.74. The molecule has 0 aliphatic heterocycles. The Morgan fingerprint density at radius 2 is 1.92 bits per heavy atom. The molecule has 0 radical (unpaired) electrons. The average molecular weight is 343 g/mol. The first kappa shape index (κ1) is 17.5. The summed E-state index contributed by atoms with van der Waals surface area (Å²) in [6, 6.07) is 6.83. The minimum atomic E-state index is -4.77. The van der Waals surface area contributed by atoms with E-state index in [9.17, 15) is 13.2 Å². The van der Waals surface area contributed by atoms with Gasteiger partial charge in [0, 0.05) is 6.07 Å². The van der Waals surface area contributed by atoms with Gasteiger partial charge >= 0.3 is 6.36 Å². The second kappa shape index (κ2) is 6.71. The van der Waals surface area contributed by atoms with E-state index in [0.717, 1.165) is 0 Å². The van der Waals surface area contributed by atoms with Crippen molar-refractivity contribution >= 4 is 17.3 Å². The summed E-state index contributed by atoms with van der Waals surface area (Å²) in [7, 11) is 0. The van der Waals surface area contributed by atoms with E-state index in [1.54, 1.807) is 13.0 Å². The lowest BCUT2D eigenvalue weighted by molar-refractivity contribution is -0.274. The molecule has 1 heterocycles. The molecule has 0 aliphatic carbocycles. The van der Waals surface area contributed by atoms with Crippen LogP contribution in [0.15, 0.2) is 30.3 Å². The van der Waals surface area contributed by atoms with E-state index in [2.05, 4.69) is 15.1 Å². The van der Waals surface area contributed by atoms with E-state index in [0.29, 0.717) is 5.56 Å². The van der Waals surface area contributed by atoms with Gasteiger partial charge in [0.2, 0.25) is 0 Å². The number of alkyl halides is 3. The maximum absolute atomic E-state index is 12.3. The smallest absolute Gasteiger partial charge is 0.484 e. The lowest BCUT2D eigenvalue weighted by atomic mass is 10.1. The first-order valence-electron chi connectivity index (χ1n) is 6.74. The van der Waals surface area contributed by atoms with Gasteiger partial charge in [0.1, 0.15) is 23.4 Å². The normalized spacial score (nSPS) is 12.5. The molecule has 0 aliphatic rings. The zero-order valence-corrected chi connectivity index (χ0v) is 12.6. The Labute approximate surface area is 135 Å². The minimum absolute atomic E-state index is 0.119. The van der Waals surface area contributed by atoms with Gasteiger partial charge in [0.25, 0.3) is 0 Å². The van der Waals surface area contributed by atoms with Crippen LogP contribution in [-0.4, -0.2) is 11.3 Å². The van der Waals surface area contributed by atoms with Crippen LogP contribution in [0.5, 0.6) is 11.5 Å². The molecule has 130 valence electrons. The van der Waals surface area contributed by atoms with Crippen LogP contribution < -0.4 is 32.2 Å². The molecule has 0 bridgehead atoms. The van der Waals surface area contributed by atoms with E-state index in [4.69, 9.17) is 22.0 Å². The van der Waals surface area contributed by atoms with Crippen LogP contribution in [0.1, 0.15) is 18.6 Å². The van der Waals surface area contributed by atoms with Gasteiger partial charge in [-0.2, -0.15) is 0 Å². The Hall–Kier alpha value is -2.88. The second-order valence-electron chi connectivity index (χ2n) is 4.83. The zero-order valence-electron chi connectivity index (χ0n) is 12.6. The standard InChI is InChI=1S/C14H16F3N5O2/c1-7(8-3-2-4-9(5-8)24-14(15,16)17)23-10-6-11(18)21-13(22-20)12(10)19/h2-7H,19-20H2,1H3,(H3,18,21,22). The fourth-order valence-corrected chi connectivity index (χ4v) is 1.98. The summed E-state index contributed by atoms with van der Waals surface area (Å²) < 4.78 is 46.4. The number of nitrogens with two attached hydrogens (primary N) is 3. The summed E-state index contributed by atoms with van der Waals surface area (Å²) in [5.41, 5.74) is 14.3. The lowest BCUT2D eigenvalue weighted by Crippen LogP contribution is -2.17. The number of aromatic nitrogens is 1. The number of nitrogens with one attached hydrogen (secondary N) is 1. The van der Waals surface area contributed by atoms with Gasteiger partial charge in [0.05, 0.1) is 0 Å². The third-order valence-corrected chi connectivity index (χ3v) is 3.04. The third kappa shape index (κ3) is 4.32. The Bertz CT molecular complexity index is 724. The molecule has 0 fully saturated rings. The van der Waals surface area contributed by atoms with E-state index in [-0.39, 0.29) is 28.8 Å². The number of rotatable bonds is 5. The molecule has 24 heavy (non-hydrogen) atoms. The van der Waals surface area contributed by atoms with Crippen molar-refractivity contribution in [3.63, 3.8) is 0 Å². The number of anilines is 3. The van der Waals surface area contributed by atoms with Crippen molar-refractivity contribution in [2.45, 2.75) is 19.4 Å². The number of nitrogen functional groups attached to an aromatic ring is 3. The Kier molecular flexibility index (Phi) is 4.88. The molecular weight excluding hydrogens is 327 g/mol. The predicted molar refractivity (Wildman–Crippen MR) is 83.0 cm³/mol. The molecular formula is C14H16F3N5O2. The highest BCUT2D eigenvalue weighted by atomic mass is 19.4. The van der Waals surface area contributed by atoms with Gasteiger partial charge < -0.3 is 26.4 Å². The summed E-state index contributed by atoms with van der Waals surface area (Å²) in [4.78, 5) is 3.88. The number of nitrogens with zero attached hydrogens (tertiary/aromatic N) is 1. The number of hydrazine groups is 1. The molecule has 1 aromatic carbocycles. The molecule has 1 aromatic heterocycles. The molecule has 10 heteroatoms. The highest BCUT2D eigenvalue weighted by Crippen LogP contribution is 2.34. The Morgan fingerprint density at radius 1 is 1.21 bits per heavy atom. The van der Waals surface area contributed by atoms with Crippen molar-refractivity contribution < 1.29 is 22.6 Å². The van der Waals surface area contributed by atoms with Crippen LogP contribution in [0, 0.1) is 0 Å². The molecule has 1 unspecified atom stereocenters. The summed E-state index contributed by atoms with van der Waals surface area (Å²) in [6.07, 6.45) is -5.40. The summed E-state index contributed by atoms with van der Waals surface area (Å²) in [5, 5.41) is 0. The molecule has 0 saturated carbocycles. The van der Waals surface area contributed by atoms with Crippen molar-refractivity contribution in [2.24, 2.45) is 5.84 Å². The van der Waals surface area contributed by atoms with Gasteiger partial charge in [-0.25, -0.2) is 10.8 Å². The maximum Gasteiger partial charge on any atom is 0.573 e. The molecule has 0 amide bonds. The Morgan fingerprint density at radius 3 is 2.54 bits per heavy atom. The van der Waals surface area contributed by atoms with E-state index < -0.39 is 12.5 Å². The highest BCUT2D eigenvalue weighted by molar-refractivity contribution is 5.71. The summed E-state index contributed by atoms with van der Waals surface area (Å²) in [5.74, 6) is 5.39. The molecule has 2 aromatic rings. The average Bonchev–Trinajstić information content (AvgIpc) is 2.49. The van der Waals surface area contributed by atoms with Crippen molar-refractivity contribution in [1.29, 1.82) is 0 Å². The molecule has 7 nitrogen and oxygen atoms in total. The van der Waals surface area contributed by atoms with E-state index in [1.165, 1.54) is 24.3 Å². The van der Waals surface area contributed by atoms with Crippen LogP contribution in [-0.2, 0) is 0 Å². The predicted octanol–water partition coefficient (Wildman–Crippen LogP) is 2.57. The number of hydrogen-bond acceptors (Lipinski definition) is 7. The van der Waals surface area contributed by atoms with Crippen molar-refractivity contribution in [3.05, 3.63) is 35.9 Å². The van der Waals surface area contributed by atoms with Crippen LogP contribution in [0.2, 0.25) is 0 Å². The number of ether oxygens (including phenoxy) is 2. The van der Waals surface area contributed by atoms with Gasteiger partial charge in [0.15, 0.2) is 11.6 Å². The van der Waals surface area contributed by atoms with Gasteiger partial charge in [-0.1, -0.05) is 12.1 Å². The zero-order chi connectivity index (χ0) is 17.9. The van der Waals surface area contributed by atoms with Gasteiger partial charge in [-0.3, -0.25) is 0 Å². The third-order valence-electron chi connectivity index (χ3n) is 3.04. The van der Waals surface area contributed by atoms with Crippen LogP contribution >= 0.6 is 0 Å². The van der Waals surface area contributed by atoms with E-state index in [1.807, 2.05) is 0 Å². The quantitative estimate of drug-likeness (QED) is 0.486. The van der Waals surface area contributed by atoms with Gasteiger partial charge in [-0.05, 0) is 24.6 Å². The highest BCUT2D eigenvalue weighted by Gasteiger charge is 2.31. The molecule has 0 saturated heterocycles. The summed E-state index contributed by atoms with van der Waals surface area (Å²) >= 11 is 0. The fourth-order valence-electron chi connectivity index (χ4n) is 1.98. The number of pyridine rings is 1. The number of halogens is 3. The van der Waals surface area contributed by atoms with Crippen molar-refractivity contribution in [3.8, 4) is 11.5 Å². The first-order chi connectivity index (χ1) is 11.2. The van der Waals surface area contributed by atoms with Crippen LogP contribution in [0.4, 0.5) is 30.5 Å². The van der Waals surface area contributed by atoms with Crippen LogP contribution in [0.25, 0.3) is 0 Å². The minimum Gasteiger partial charge on any atom is -0.484 e. The monoisotopic (exact) mass is 343 g/mol. The maximum atomic E-state index is 12.3. The fraction of sp³-hybridized carbons (Fsp3) is 0.214. The Balaban J connectivity index is 2.23. The number of hydrogen-bond donors (Lipinski definition) is 4. The molecule has 1 atom stereocenters. The topological polar surface area (TPSA) is 121 Å². The largest absolute Gasteiger partial charge is 0.573 e. The van der Waals surface area contributed by atoms with Gasteiger partial charge in [-0.15, -0.1) is 13.2 Å².